The molecule has 162 valence electrons. The van der Waals surface area contributed by atoms with Crippen molar-refractivity contribution in [2.75, 3.05) is 14.1 Å². The van der Waals surface area contributed by atoms with Gasteiger partial charge >= 0.3 is 11.7 Å². The Kier molecular flexibility index (Phi) is 4.56. The van der Waals surface area contributed by atoms with Crippen molar-refractivity contribution >= 4 is 41.0 Å². The number of amides is 4. The molecule has 4 amide bonds. The molecule has 31 heavy (non-hydrogen) atoms. The maximum Gasteiger partial charge on any atom is 0.333 e. The maximum atomic E-state index is 13.4. The van der Waals surface area contributed by atoms with Gasteiger partial charge in [-0.05, 0) is 17.7 Å². The van der Waals surface area contributed by atoms with E-state index in [1.807, 2.05) is 0 Å². The van der Waals surface area contributed by atoms with E-state index in [-0.39, 0.29) is 27.1 Å². The number of hydrogen-bond donors (Lipinski definition) is 0. The predicted molar refractivity (Wildman–Crippen MR) is 110 cm³/mol. The van der Waals surface area contributed by atoms with E-state index in [0.717, 1.165) is 18.9 Å². The summed E-state index contributed by atoms with van der Waals surface area (Å²) in [4.78, 5) is 66.2. The SMILES string of the molecule is CN1C(=O)N(C)C(=O)C2(Oc3c(c(=O)n(C)c(=O)n3C)C2c2ccc(Cl)c(Cl)c2)C1=O. The molecule has 0 radical (unpaired) electrons. The molecule has 1 saturated heterocycles. The number of nitrogens with zero attached hydrogens (tertiary/aromatic N) is 4. The van der Waals surface area contributed by atoms with Crippen LogP contribution in [0.15, 0.2) is 27.8 Å². The Balaban J connectivity index is 2.13. The van der Waals surface area contributed by atoms with Crippen LogP contribution in [0, 0.1) is 0 Å². The van der Waals surface area contributed by atoms with Gasteiger partial charge in [-0.15, -0.1) is 0 Å². The summed E-state index contributed by atoms with van der Waals surface area (Å²) in [5, 5.41) is 0.343. The first-order chi connectivity index (χ1) is 14.4. The van der Waals surface area contributed by atoms with Crippen molar-refractivity contribution in [2.24, 2.45) is 14.1 Å². The van der Waals surface area contributed by atoms with Gasteiger partial charge in [0, 0.05) is 28.2 Å². The van der Waals surface area contributed by atoms with Crippen LogP contribution >= 0.6 is 23.2 Å². The lowest BCUT2D eigenvalue weighted by Crippen LogP contribution is -2.70. The second kappa shape index (κ2) is 6.69. The van der Waals surface area contributed by atoms with Crippen molar-refractivity contribution in [3.8, 4) is 5.88 Å². The van der Waals surface area contributed by atoms with E-state index in [1.165, 1.54) is 46.4 Å². The zero-order valence-electron chi connectivity index (χ0n) is 16.8. The third-order valence-electron chi connectivity index (χ3n) is 5.69. The van der Waals surface area contributed by atoms with E-state index in [4.69, 9.17) is 27.9 Å². The van der Waals surface area contributed by atoms with E-state index < -0.39 is 40.6 Å². The van der Waals surface area contributed by atoms with E-state index in [0.29, 0.717) is 0 Å². The van der Waals surface area contributed by atoms with Gasteiger partial charge < -0.3 is 4.74 Å². The number of hydrogen-bond acceptors (Lipinski definition) is 6. The third-order valence-corrected chi connectivity index (χ3v) is 6.43. The van der Waals surface area contributed by atoms with E-state index >= 15 is 0 Å². The largest absolute Gasteiger partial charge is 0.450 e. The average molecular weight is 467 g/mol. The molecule has 0 bridgehead atoms. The van der Waals surface area contributed by atoms with Gasteiger partial charge in [0.15, 0.2) is 0 Å². The first-order valence-corrected chi connectivity index (χ1v) is 9.74. The van der Waals surface area contributed by atoms with Crippen LogP contribution in [0.3, 0.4) is 0 Å². The lowest BCUT2D eigenvalue weighted by atomic mass is 9.77. The molecule has 1 aromatic carbocycles. The second-order valence-electron chi connectivity index (χ2n) is 7.38. The number of rotatable bonds is 1. The van der Waals surface area contributed by atoms with Crippen molar-refractivity contribution in [1.82, 2.24) is 18.9 Å². The molecule has 2 aliphatic rings. The number of imide groups is 2. The lowest BCUT2D eigenvalue weighted by Gasteiger charge is -2.41. The summed E-state index contributed by atoms with van der Waals surface area (Å²) in [6.45, 7) is 0. The Morgan fingerprint density at radius 2 is 1.45 bits per heavy atom. The molecule has 1 spiro atoms. The predicted octanol–water partition coefficient (Wildman–Crippen LogP) is 0.704. The minimum absolute atomic E-state index is 0.0826. The number of carbonyl (C=O) groups is 3. The first-order valence-electron chi connectivity index (χ1n) is 8.99. The highest BCUT2D eigenvalue weighted by Gasteiger charge is 2.68. The van der Waals surface area contributed by atoms with Gasteiger partial charge in [-0.3, -0.25) is 33.3 Å². The third kappa shape index (κ3) is 2.55. The molecule has 2 aliphatic heterocycles. The fraction of sp³-hybridized carbons (Fsp3) is 0.316. The summed E-state index contributed by atoms with van der Waals surface area (Å²) in [6.07, 6.45) is 0. The highest BCUT2D eigenvalue weighted by Crippen LogP contribution is 2.49. The number of fused-ring (bicyclic) bond motifs is 1. The van der Waals surface area contributed by atoms with E-state index in [9.17, 15) is 24.0 Å². The molecule has 0 saturated carbocycles. The molecule has 4 rings (SSSR count). The van der Waals surface area contributed by atoms with Crippen LogP contribution in [0.5, 0.6) is 5.88 Å². The second-order valence-corrected chi connectivity index (χ2v) is 8.19. The highest BCUT2D eigenvalue weighted by molar-refractivity contribution is 6.42. The van der Waals surface area contributed by atoms with Crippen molar-refractivity contribution < 1.29 is 19.1 Å². The summed E-state index contributed by atoms with van der Waals surface area (Å²) in [5.41, 5.74) is -3.58. The van der Waals surface area contributed by atoms with Gasteiger partial charge in [0.05, 0.1) is 21.5 Å². The Labute approximate surface area is 185 Å². The fourth-order valence-electron chi connectivity index (χ4n) is 4.05. The lowest BCUT2D eigenvalue weighted by molar-refractivity contribution is -0.164. The van der Waals surface area contributed by atoms with Gasteiger partial charge in [-0.1, -0.05) is 29.3 Å². The molecular weight excluding hydrogens is 451 g/mol. The van der Waals surface area contributed by atoms with Crippen molar-refractivity contribution in [3.05, 3.63) is 60.2 Å². The molecule has 0 aliphatic carbocycles. The number of carbonyl (C=O) groups excluding carboxylic acids is 3. The van der Waals surface area contributed by atoms with E-state index in [1.54, 1.807) is 0 Å². The number of likely N-dealkylation sites (N-methyl/N-ethyl adjacent to an activating group) is 2. The topological polar surface area (TPSA) is 111 Å². The Morgan fingerprint density at radius 1 is 0.871 bits per heavy atom. The van der Waals surface area contributed by atoms with Gasteiger partial charge in [0.1, 0.15) is 0 Å². The maximum absolute atomic E-state index is 13.4. The van der Waals surface area contributed by atoms with Crippen LogP contribution in [0.4, 0.5) is 4.79 Å². The normalized spacial score (nSPS) is 19.8. The zero-order valence-corrected chi connectivity index (χ0v) is 18.3. The summed E-state index contributed by atoms with van der Waals surface area (Å²) >= 11 is 12.2. The van der Waals surface area contributed by atoms with Gasteiger partial charge in [0.25, 0.3) is 23.0 Å². The minimum atomic E-state index is -2.32. The molecule has 1 unspecified atom stereocenters. The highest BCUT2D eigenvalue weighted by atomic mass is 35.5. The zero-order chi connectivity index (χ0) is 23.0. The molecule has 3 heterocycles. The molecule has 0 N–H and O–H groups in total. The Morgan fingerprint density at radius 3 is 2.00 bits per heavy atom. The summed E-state index contributed by atoms with van der Waals surface area (Å²) in [6, 6.07) is 3.51. The number of aromatic nitrogens is 2. The standard InChI is InChI=1S/C19H16Cl2N4O6/c1-22-13(26)11-12(8-5-6-9(20)10(21)7-8)19(31-14(11)23(2)17(22)29)15(27)24(3)18(30)25(4)16(19)28/h5-7,12H,1-4H3. The van der Waals surface area contributed by atoms with Gasteiger partial charge in [-0.25, -0.2) is 9.59 Å². The number of barbiturate groups is 1. The van der Waals surface area contributed by atoms with Crippen LogP contribution in [-0.4, -0.2) is 56.5 Å². The molecule has 12 heteroatoms. The van der Waals surface area contributed by atoms with Crippen LogP contribution in [-0.2, 0) is 23.7 Å². The summed E-state index contributed by atoms with van der Waals surface area (Å²) < 4.78 is 7.76. The molecule has 1 fully saturated rings. The Bertz CT molecular complexity index is 1290. The van der Waals surface area contributed by atoms with Crippen LogP contribution in [0.25, 0.3) is 0 Å². The smallest absolute Gasteiger partial charge is 0.333 e. The van der Waals surface area contributed by atoms with Crippen LogP contribution in [0.1, 0.15) is 17.0 Å². The minimum Gasteiger partial charge on any atom is -0.450 e. The molecule has 2 aromatic rings. The molecule has 1 aromatic heterocycles. The quantitative estimate of drug-likeness (QED) is 0.572. The van der Waals surface area contributed by atoms with Crippen molar-refractivity contribution in [1.29, 1.82) is 0 Å². The summed E-state index contributed by atoms with van der Waals surface area (Å²) in [7, 11) is 5.02. The van der Waals surface area contributed by atoms with Crippen LogP contribution < -0.4 is 16.0 Å². The number of benzene rings is 1. The molecule has 10 nitrogen and oxygen atoms in total. The Hall–Kier alpha value is -3.11. The van der Waals surface area contributed by atoms with Gasteiger partial charge in [-0.2, -0.15) is 0 Å². The fourth-order valence-corrected chi connectivity index (χ4v) is 4.36. The van der Waals surface area contributed by atoms with E-state index in [2.05, 4.69) is 0 Å². The molecular formula is C19H16Cl2N4O6. The molecule has 1 atom stereocenters. The number of halogens is 2. The number of urea groups is 1. The monoisotopic (exact) mass is 466 g/mol. The summed E-state index contributed by atoms with van der Waals surface area (Å²) in [5.74, 6) is -3.47. The number of ether oxygens (including phenoxy) is 1. The first kappa shape index (κ1) is 21.1. The van der Waals surface area contributed by atoms with Gasteiger partial charge in [0.2, 0.25) is 5.88 Å². The van der Waals surface area contributed by atoms with Crippen LogP contribution in [0.2, 0.25) is 10.0 Å². The average Bonchev–Trinajstić information content (AvgIpc) is 3.11. The van der Waals surface area contributed by atoms with Crippen molar-refractivity contribution in [3.63, 3.8) is 0 Å². The van der Waals surface area contributed by atoms with Crippen molar-refractivity contribution in [2.45, 2.75) is 11.5 Å².